The zero-order chi connectivity index (χ0) is 15.1. The fourth-order valence-corrected chi connectivity index (χ4v) is 2.94. The van der Waals surface area contributed by atoms with Crippen molar-refractivity contribution in [2.24, 2.45) is 5.41 Å². The molecule has 3 nitrogen and oxygen atoms in total. The van der Waals surface area contributed by atoms with E-state index in [0.717, 1.165) is 12.1 Å². The van der Waals surface area contributed by atoms with E-state index >= 15 is 0 Å². The first-order valence-electron chi connectivity index (χ1n) is 7.35. The van der Waals surface area contributed by atoms with Crippen LogP contribution in [0.25, 0.3) is 0 Å². The molecule has 1 aromatic carbocycles. The molecule has 0 fully saturated rings. The molecule has 0 aromatic heterocycles. The number of fused-ring (bicyclic) bond motifs is 1. The van der Waals surface area contributed by atoms with Gasteiger partial charge in [0.05, 0.1) is 5.41 Å². The van der Waals surface area contributed by atoms with E-state index in [9.17, 15) is 9.90 Å². The molecule has 0 aliphatic carbocycles. The van der Waals surface area contributed by atoms with Crippen LogP contribution < -0.4 is 4.90 Å². The molecule has 20 heavy (non-hydrogen) atoms. The average Bonchev–Trinajstić information content (AvgIpc) is 2.66. The van der Waals surface area contributed by atoms with Crippen molar-refractivity contribution in [3.8, 4) is 0 Å². The van der Waals surface area contributed by atoms with Crippen LogP contribution in [0.5, 0.6) is 0 Å². The fourth-order valence-electron chi connectivity index (χ4n) is 2.94. The Hall–Kier alpha value is -1.51. The van der Waals surface area contributed by atoms with Crippen molar-refractivity contribution < 1.29 is 9.90 Å². The number of hydrogen-bond acceptors (Lipinski definition) is 2. The minimum Gasteiger partial charge on any atom is -0.481 e. The molecule has 3 heteroatoms. The second-order valence-corrected chi connectivity index (χ2v) is 6.91. The quantitative estimate of drug-likeness (QED) is 0.911. The van der Waals surface area contributed by atoms with Crippen LogP contribution in [-0.2, 0) is 11.2 Å². The number of carboxylic acid groups (broad SMARTS) is 1. The van der Waals surface area contributed by atoms with Crippen LogP contribution >= 0.6 is 0 Å². The predicted molar refractivity (Wildman–Crippen MR) is 82.5 cm³/mol. The highest BCUT2D eigenvalue weighted by atomic mass is 16.4. The SMILES string of the molecule is CC1CN(C(C)C)c2ccc(CC(C)(C)C(=O)O)cc21. The predicted octanol–water partition coefficient (Wildman–Crippen LogP) is 3.67. The molecule has 0 saturated carbocycles. The minimum atomic E-state index is -0.741. The third kappa shape index (κ3) is 2.67. The van der Waals surface area contributed by atoms with E-state index in [1.807, 2.05) is 0 Å². The second-order valence-electron chi connectivity index (χ2n) is 6.91. The highest BCUT2D eigenvalue weighted by molar-refractivity contribution is 5.74. The van der Waals surface area contributed by atoms with Gasteiger partial charge < -0.3 is 10.0 Å². The number of anilines is 1. The summed E-state index contributed by atoms with van der Waals surface area (Å²) in [5.74, 6) is -0.227. The smallest absolute Gasteiger partial charge is 0.309 e. The first-order chi connectivity index (χ1) is 9.22. The van der Waals surface area contributed by atoms with Crippen molar-refractivity contribution in [1.29, 1.82) is 0 Å². The standard InChI is InChI=1S/C17H25NO2/c1-11(2)18-10-12(3)14-8-13(6-7-15(14)18)9-17(4,5)16(19)20/h6-8,11-12H,9-10H2,1-5H3,(H,19,20). The van der Waals surface area contributed by atoms with Gasteiger partial charge in [0.2, 0.25) is 0 Å². The molecular formula is C17H25NO2. The average molecular weight is 275 g/mol. The van der Waals surface area contributed by atoms with Crippen molar-refractivity contribution in [2.45, 2.75) is 53.0 Å². The summed E-state index contributed by atoms with van der Waals surface area (Å²) < 4.78 is 0. The number of aliphatic carboxylic acids is 1. The summed E-state index contributed by atoms with van der Waals surface area (Å²) in [4.78, 5) is 13.7. The van der Waals surface area contributed by atoms with Crippen LogP contribution in [0.1, 0.15) is 51.7 Å². The molecule has 2 rings (SSSR count). The van der Waals surface area contributed by atoms with Gasteiger partial charge in [0.1, 0.15) is 0 Å². The Labute approximate surface area is 121 Å². The molecule has 0 saturated heterocycles. The number of benzene rings is 1. The van der Waals surface area contributed by atoms with Gasteiger partial charge in [0, 0.05) is 24.2 Å². The summed E-state index contributed by atoms with van der Waals surface area (Å²) in [6, 6.07) is 6.94. The molecule has 110 valence electrons. The number of carbonyl (C=O) groups is 1. The summed E-state index contributed by atoms with van der Waals surface area (Å²) in [5.41, 5.74) is 3.07. The Bertz CT molecular complexity index is 520. The molecule has 0 radical (unpaired) electrons. The normalized spacial score (nSPS) is 18.5. The van der Waals surface area contributed by atoms with Gasteiger partial charge in [-0.25, -0.2) is 0 Å². The van der Waals surface area contributed by atoms with Crippen molar-refractivity contribution in [3.05, 3.63) is 29.3 Å². The van der Waals surface area contributed by atoms with E-state index in [1.165, 1.54) is 11.3 Å². The van der Waals surface area contributed by atoms with Gasteiger partial charge in [-0.15, -0.1) is 0 Å². The molecule has 1 atom stereocenters. The lowest BCUT2D eigenvalue weighted by molar-refractivity contribution is -0.146. The maximum absolute atomic E-state index is 11.3. The molecular weight excluding hydrogens is 250 g/mol. The Morgan fingerprint density at radius 1 is 1.45 bits per heavy atom. The summed E-state index contributed by atoms with van der Waals surface area (Å²) in [6.07, 6.45) is 0.573. The van der Waals surface area contributed by atoms with Gasteiger partial charge in [0.15, 0.2) is 0 Å². The van der Waals surface area contributed by atoms with Crippen molar-refractivity contribution in [1.82, 2.24) is 0 Å². The first kappa shape index (κ1) is 14.9. The number of hydrogen-bond donors (Lipinski definition) is 1. The van der Waals surface area contributed by atoms with Crippen LogP contribution in [0.15, 0.2) is 18.2 Å². The lowest BCUT2D eigenvalue weighted by atomic mass is 9.85. The minimum absolute atomic E-state index is 0.500. The Morgan fingerprint density at radius 2 is 2.10 bits per heavy atom. The topological polar surface area (TPSA) is 40.5 Å². The van der Waals surface area contributed by atoms with Crippen molar-refractivity contribution >= 4 is 11.7 Å². The largest absolute Gasteiger partial charge is 0.481 e. The van der Waals surface area contributed by atoms with E-state index < -0.39 is 11.4 Å². The molecule has 0 bridgehead atoms. The summed E-state index contributed by atoms with van der Waals surface area (Å²) in [6.45, 7) is 11.3. The lowest BCUT2D eigenvalue weighted by Crippen LogP contribution is -2.29. The Morgan fingerprint density at radius 3 is 2.65 bits per heavy atom. The third-order valence-corrected chi connectivity index (χ3v) is 4.25. The van der Waals surface area contributed by atoms with E-state index in [4.69, 9.17) is 0 Å². The van der Waals surface area contributed by atoms with Crippen LogP contribution in [-0.4, -0.2) is 23.7 Å². The summed E-state index contributed by atoms with van der Waals surface area (Å²) in [5, 5.41) is 9.25. The Kier molecular flexibility index (Phi) is 3.81. The number of rotatable bonds is 4. The Balaban J connectivity index is 2.29. The molecule has 0 spiro atoms. The zero-order valence-corrected chi connectivity index (χ0v) is 13.1. The highest BCUT2D eigenvalue weighted by Crippen LogP contribution is 2.38. The van der Waals surface area contributed by atoms with Crippen LogP contribution in [0.3, 0.4) is 0 Å². The number of nitrogens with zero attached hydrogens (tertiary/aromatic N) is 1. The zero-order valence-electron chi connectivity index (χ0n) is 13.1. The third-order valence-electron chi connectivity index (χ3n) is 4.25. The van der Waals surface area contributed by atoms with Crippen molar-refractivity contribution in [2.75, 3.05) is 11.4 Å². The van der Waals surface area contributed by atoms with Gasteiger partial charge in [0.25, 0.3) is 0 Å². The van der Waals surface area contributed by atoms with E-state index in [0.29, 0.717) is 18.4 Å². The molecule has 1 aliphatic rings. The molecule has 1 unspecified atom stereocenters. The maximum Gasteiger partial charge on any atom is 0.309 e. The van der Waals surface area contributed by atoms with E-state index in [-0.39, 0.29) is 0 Å². The van der Waals surface area contributed by atoms with Gasteiger partial charge in [-0.2, -0.15) is 0 Å². The van der Waals surface area contributed by atoms with E-state index in [2.05, 4.69) is 43.9 Å². The highest BCUT2D eigenvalue weighted by Gasteiger charge is 2.30. The lowest BCUT2D eigenvalue weighted by Gasteiger charge is -2.24. The molecule has 1 aromatic rings. The van der Waals surface area contributed by atoms with Gasteiger partial charge in [-0.05, 0) is 51.3 Å². The van der Waals surface area contributed by atoms with Crippen LogP contribution in [0, 0.1) is 5.41 Å². The van der Waals surface area contributed by atoms with Gasteiger partial charge in [-0.3, -0.25) is 4.79 Å². The van der Waals surface area contributed by atoms with Gasteiger partial charge >= 0.3 is 5.97 Å². The molecule has 1 N–H and O–H groups in total. The van der Waals surface area contributed by atoms with Crippen LogP contribution in [0.2, 0.25) is 0 Å². The fraction of sp³-hybridized carbons (Fsp3) is 0.588. The monoisotopic (exact) mass is 275 g/mol. The second kappa shape index (κ2) is 5.12. The molecule has 1 aliphatic heterocycles. The first-order valence-corrected chi connectivity index (χ1v) is 7.35. The van der Waals surface area contributed by atoms with E-state index in [1.54, 1.807) is 13.8 Å². The maximum atomic E-state index is 11.3. The number of carboxylic acids is 1. The molecule has 0 amide bonds. The molecule has 1 heterocycles. The summed E-state index contributed by atoms with van der Waals surface area (Å²) >= 11 is 0. The summed E-state index contributed by atoms with van der Waals surface area (Å²) in [7, 11) is 0. The van der Waals surface area contributed by atoms with Gasteiger partial charge in [-0.1, -0.05) is 19.1 Å². The van der Waals surface area contributed by atoms with Crippen LogP contribution in [0.4, 0.5) is 5.69 Å². The van der Waals surface area contributed by atoms with Crippen molar-refractivity contribution in [3.63, 3.8) is 0 Å².